The number of nitrogens with zero attached hydrogens (tertiary/aromatic N) is 6. The SMILES string of the molecule is CN=C(NCc1cccnc1OCc1ccccc1)N1CCN(c2ncccn2)CC1. The number of hydrogen-bond acceptors (Lipinski definition) is 6. The van der Waals surface area contributed by atoms with Gasteiger partial charge in [-0.1, -0.05) is 36.4 Å². The van der Waals surface area contributed by atoms with E-state index in [0.717, 1.165) is 49.2 Å². The molecular formula is C23H27N7O. The average Bonchev–Trinajstić information content (AvgIpc) is 2.85. The molecule has 0 amide bonds. The molecule has 1 aliphatic heterocycles. The van der Waals surface area contributed by atoms with Crippen LogP contribution in [-0.2, 0) is 13.2 Å². The number of aliphatic imine (C=N–C) groups is 1. The van der Waals surface area contributed by atoms with E-state index in [-0.39, 0.29) is 0 Å². The van der Waals surface area contributed by atoms with Crippen LogP contribution in [0.3, 0.4) is 0 Å². The average molecular weight is 418 g/mol. The van der Waals surface area contributed by atoms with Crippen LogP contribution < -0.4 is 15.0 Å². The largest absolute Gasteiger partial charge is 0.473 e. The summed E-state index contributed by atoms with van der Waals surface area (Å²) in [6, 6.07) is 15.9. The Morgan fingerprint density at radius 3 is 2.42 bits per heavy atom. The van der Waals surface area contributed by atoms with Crippen molar-refractivity contribution in [3.05, 3.63) is 78.2 Å². The standard InChI is InChI=1S/C23H27N7O/c1-24-22(29-13-15-30(16-14-29)23-26-11-6-12-27-23)28-17-20-9-5-10-25-21(20)31-18-19-7-3-2-4-8-19/h2-12H,13-18H2,1H3,(H,24,28). The Hall–Kier alpha value is -3.68. The number of hydrogen-bond donors (Lipinski definition) is 1. The van der Waals surface area contributed by atoms with Gasteiger partial charge in [0, 0.05) is 63.9 Å². The summed E-state index contributed by atoms with van der Waals surface area (Å²) in [7, 11) is 1.81. The Labute approximate surface area is 182 Å². The number of anilines is 1. The fourth-order valence-corrected chi connectivity index (χ4v) is 3.49. The smallest absolute Gasteiger partial charge is 0.225 e. The molecule has 0 aliphatic carbocycles. The fraction of sp³-hybridized carbons (Fsp3) is 0.304. The van der Waals surface area contributed by atoms with Crippen molar-refractivity contribution >= 4 is 11.9 Å². The maximum Gasteiger partial charge on any atom is 0.225 e. The third-order valence-corrected chi connectivity index (χ3v) is 5.13. The van der Waals surface area contributed by atoms with Crippen molar-refractivity contribution in [2.75, 3.05) is 38.1 Å². The summed E-state index contributed by atoms with van der Waals surface area (Å²) in [4.78, 5) is 22.0. The van der Waals surface area contributed by atoms with Gasteiger partial charge < -0.3 is 19.9 Å². The minimum atomic E-state index is 0.489. The highest BCUT2D eigenvalue weighted by Gasteiger charge is 2.21. The van der Waals surface area contributed by atoms with Crippen molar-refractivity contribution in [2.45, 2.75) is 13.2 Å². The van der Waals surface area contributed by atoms with Crippen molar-refractivity contribution in [3.63, 3.8) is 0 Å². The predicted octanol–water partition coefficient (Wildman–Crippen LogP) is 2.35. The molecule has 160 valence electrons. The second-order valence-corrected chi connectivity index (χ2v) is 7.17. The first-order valence-corrected chi connectivity index (χ1v) is 10.4. The van der Waals surface area contributed by atoms with E-state index in [4.69, 9.17) is 4.74 Å². The van der Waals surface area contributed by atoms with Gasteiger partial charge in [0.2, 0.25) is 11.8 Å². The van der Waals surface area contributed by atoms with Crippen molar-refractivity contribution in [2.24, 2.45) is 4.99 Å². The second kappa shape index (κ2) is 10.4. The molecule has 0 saturated carbocycles. The van der Waals surface area contributed by atoms with Crippen LogP contribution in [0, 0.1) is 0 Å². The molecular weight excluding hydrogens is 390 g/mol. The molecule has 1 N–H and O–H groups in total. The molecule has 0 unspecified atom stereocenters. The maximum atomic E-state index is 5.97. The topological polar surface area (TPSA) is 78.8 Å². The number of nitrogens with one attached hydrogen (secondary N) is 1. The van der Waals surface area contributed by atoms with Crippen LogP contribution in [0.1, 0.15) is 11.1 Å². The van der Waals surface area contributed by atoms with Gasteiger partial charge in [0.1, 0.15) is 6.61 Å². The Morgan fingerprint density at radius 2 is 1.68 bits per heavy atom. The highest BCUT2D eigenvalue weighted by molar-refractivity contribution is 5.80. The second-order valence-electron chi connectivity index (χ2n) is 7.17. The van der Waals surface area contributed by atoms with E-state index in [0.29, 0.717) is 19.0 Å². The van der Waals surface area contributed by atoms with Crippen LogP contribution in [0.4, 0.5) is 5.95 Å². The molecule has 3 aromatic rings. The van der Waals surface area contributed by atoms with E-state index in [9.17, 15) is 0 Å². The van der Waals surface area contributed by atoms with Crippen molar-refractivity contribution in [3.8, 4) is 5.88 Å². The quantitative estimate of drug-likeness (QED) is 0.487. The van der Waals surface area contributed by atoms with Crippen LogP contribution in [0.15, 0.2) is 72.1 Å². The normalized spacial score (nSPS) is 14.4. The van der Waals surface area contributed by atoms with Gasteiger partial charge in [0.15, 0.2) is 5.96 Å². The molecule has 0 bridgehead atoms. The lowest BCUT2D eigenvalue weighted by atomic mass is 10.2. The van der Waals surface area contributed by atoms with Crippen molar-refractivity contribution < 1.29 is 4.74 Å². The van der Waals surface area contributed by atoms with Crippen LogP contribution in [0.25, 0.3) is 0 Å². The predicted molar refractivity (Wildman–Crippen MR) is 121 cm³/mol. The van der Waals surface area contributed by atoms with E-state index in [1.807, 2.05) is 55.6 Å². The molecule has 3 heterocycles. The third-order valence-electron chi connectivity index (χ3n) is 5.13. The molecule has 4 rings (SSSR count). The van der Waals surface area contributed by atoms with Gasteiger partial charge in [0.25, 0.3) is 0 Å². The number of rotatable bonds is 6. The van der Waals surface area contributed by atoms with Gasteiger partial charge in [-0.15, -0.1) is 0 Å². The van der Waals surface area contributed by atoms with Crippen molar-refractivity contribution in [1.82, 2.24) is 25.2 Å². The summed E-state index contributed by atoms with van der Waals surface area (Å²) in [5.74, 6) is 2.28. The molecule has 1 aliphatic rings. The van der Waals surface area contributed by atoms with Gasteiger partial charge in [-0.3, -0.25) is 4.99 Å². The monoisotopic (exact) mass is 417 g/mol. The molecule has 2 aromatic heterocycles. The van der Waals surface area contributed by atoms with Gasteiger partial charge >= 0.3 is 0 Å². The van der Waals surface area contributed by atoms with Crippen LogP contribution in [0.5, 0.6) is 5.88 Å². The third kappa shape index (κ3) is 5.48. The number of pyridine rings is 1. The van der Waals surface area contributed by atoms with E-state index in [2.05, 4.69) is 35.1 Å². The molecule has 8 heteroatoms. The minimum Gasteiger partial charge on any atom is -0.473 e. The van der Waals surface area contributed by atoms with E-state index < -0.39 is 0 Å². The number of benzene rings is 1. The lowest BCUT2D eigenvalue weighted by molar-refractivity contribution is 0.290. The number of aromatic nitrogens is 3. The molecule has 0 spiro atoms. The summed E-state index contributed by atoms with van der Waals surface area (Å²) in [5, 5.41) is 3.45. The van der Waals surface area contributed by atoms with E-state index >= 15 is 0 Å². The molecule has 1 fully saturated rings. The molecule has 1 aromatic carbocycles. The Balaban J connectivity index is 1.32. The first-order chi connectivity index (χ1) is 15.3. The summed E-state index contributed by atoms with van der Waals surface area (Å²) < 4.78 is 5.97. The summed E-state index contributed by atoms with van der Waals surface area (Å²) in [5.41, 5.74) is 2.11. The fourth-order valence-electron chi connectivity index (χ4n) is 3.49. The zero-order valence-corrected chi connectivity index (χ0v) is 17.7. The van der Waals surface area contributed by atoms with Gasteiger partial charge in [-0.25, -0.2) is 15.0 Å². The minimum absolute atomic E-state index is 0.489. The van der Waals surface area contributed by atoms with Gasteiger partial charge in [-0.2, -0.15) is 0 Å². The number of ether oxygens (including phenoxy) is 1. The lowest BCUT2D eigenvalue weighted by Gasteiger charge is -2.36. The summed E-state index contributed by atoms with van der Waals surface area (Å²) in [6.45, 7) is 4.48. The summed E-state index contributed by atoms with van der Waals surface area (Å²) in [6.07, 6.45) is 5.31. The zero-order valence-electron chi connectivity index (χ0n) is 17.7. The molecule has 31 heavy (non-hydrogen) atoms. The molecule has 0 atom stereocenters. The summed E-state index contributed by atoms with van der Waals surface area (Å²) >= 11 is 0. The Morgan fingerprint density at radius 1 is 0.935 bits per heavy atom. The first-order valence-electron chi connectivity index (χ1n) is 10.4. The van der Waals surface area contributed by atoms with E-state index in [1.165, 1.54) is 0 Å². The van der Waals surface area contributed by atoms with Crippen molar-refractivity contribution in [1.29, 1.82) is 0 Å². The Kier molecular flexibility index (Phi) is 6.89. The molecule has 8 nitrogen and oxygen atoms in total. The Bertz CT molecular complexity index is 973. The van der Waals surface area contributed by atoms with Crippen LogP contribution in [-0.4, -0.2) is 59.0 Å². The van der Waals surface area contributed by atoms with Gasteiger partial charge in [-0.05, 0) is 17.7 Å². The van der Waals surface area contributed by atoms with Crippen LogP contribution >= 0.6 is 0 Å². The number of piperazine rings is 1. The highest BCUT2D eigenvalue weighted by atomic mass is 16.5. The lowest BCUT2D eigenvalue weighted by Crippen LogP contribution is -2.52. The number of guanidine groups is 1. The van der Waals surface area contributed by atoms with Crippen LogP contribution in [0.2, 0.25) is 0 Å². The zero-order chi connectivity index (χ0) is 21.3. The maximum absolute atomic E-state index is 5.97. The highest BCUT2D eigenvalue weighted by Crippen LogP contribution is 2.16. The molecule has 1 saturated heterocycles. The molecule has 0 radical (unpaired) electrons. The van der Waals surface area contributed by atoms with Gasteiger partial charge in [0.05, 0.1) is 0 Å². The van der Waals surface area contributed by atoms with E-state index in [1.54, 1.807) is 18.6 Å². The first kappa shape index (κ1) is 20.6.